The van der Waals surface area contributed by atoms with Crippen LogP contribution in [0.2, 0.25) is 0 Å². The van der Waals surface area contributed by atoms with Crippen LogP contribution in [0, 0.1) is 6.92 Å². The van der Waals surface area contributed by atoms with E-state index in [0.717, 1.165) is 12.3 Å². The van der Waals surface area contributed by atoms with E-state index in [1.165, 1.54) is 19.3 Å². The van der Waals surface area contributed by atoms with Crippen molar-refractivity contribution in [1.29, 1.82) is 0 Å². The Hall–Kier alpha value is -0.900. The van der Waals surface area contributed by atoms with Gasteiger partial charge >= 0.3 is 0 Å². The highest BCUT2D eigenvalue weighted by Crippen LogP contribution is 2.44. The molecule has 2 atom stereocenters. The van der Waals surface area contributed by atoms with Crippen molar-refractivity contribution in [2.24, 2.45) is 0 Å². The number of hydrogen-bond donors (Lipinski definition) is 1. The number of hydrogen-bond acceptors (Lipinski definition) is 4. The van der Waals surface area contributed by atoms with E-state index < -0.39 is 0 Å². The van der Waals surface area contributed by atoms with E-state index in [1.807, 2.05) is 6.92 Å². The Labute approximate surface area is 76.7 Å². The normalized spacial score (nSPS) is 37.2. The topological polar surface area (TPSA) is 51.0 Å². The van der Waals surface area contributed by atoms with Crippen molar-refractivity contribution in [2.45, 2.75) is 44.2 Å². The summed E-state index contributed by atoms with van der Waals surface area (Å²) in [6, 6.07) is 0.695. The van der Waals surface area contributed by atoms with Crippen molar-refractivity contribution in [3.8, 4) is 0 Å². The highest BCUT2D eigenvalue weighted by atomic mass is 16.4. The molecule has 4 heteroatoms. The number of aryl methyl sites for hydroxylation is 1. The minimum absolute atomic E-state index is 0.0458. The molecule has 0 amide bonds. The molecule has 1 aromatic rings. The highest BCUT2D eigenvalue weighted by molar-refractivity contribution is 5.14. The first-order valence-electron chi connectivity index (χ1n) is 4.87. The summed E-state index contributed by atoms with van der Waals surface area (Å²) in [5, 5.41) is 11.5. The summed E-state index contributed by atoms with van der Waals surface area (Å²) in [6.45, 7) is 1.84. The molecule has 3 aliphatic rings. The third-order valence-electron chi connectivity index (χ3n) is 3.17. The molecule has 3 heterocycles. The summed E-state index contributed by atoms with van der Waals surface area (Å²) >= 11 is 0. The van der Waals surface area contributed by atoms with Gasteiger partial charge in [0.05, 0.1) is 5.54 Å². The Morgan fingerprint density at radius 1 is 1.54 bits per heavy atom. The molecule has 2 bridgehead atoms. The van der Waals surface area contributed by atoms with Gasteiger partial charge in [-0.25, -0.2) is 0 Å². The zero-order valence-electron chi connectivity index (χ0n) is 7.71. The van der Waals surface area contributed by atoms with Gasteiger partial charge in [-0.3, -0.25) is 0 Å². The maximum absolute atomic E-state index is 5.48. The molecule has 3 fully saturated rings. The summed E-state index contributed by atoms with van der Waals surface area (Å²) in [7, 11) is 0. The van der Waals surface area contributed by atoms with E-state index in [9.17, 15) is 0 Å². The molecular formula is C9H13N3O. The molecule has 70 valence electrons. The molecule has 2 saturated heterocycles. The number of aromatic nitrogens is 2. The van der Waals surface area contributed by atoms with Gasteiger partial charge in [0.1, 0.15) is 0 Å². The van der Waals surface area contributed by atoms with Gasteiger partial charge in [0.2, 0.25) is 11.8 Å². The Balaban J connectivity index is 1.92. The molecule has 2 aliphatic heterocycles. The first-order valence-corrected chi connectivity index (χ1v) is 4.87. The van der Waals surface area contributed by atoms with E-state index in [1.54, 1.807) is 0 Å². The SMILES string of the molecule is Cc1nnc(C23CCC[C@H](C2)N3)o1. The maximum Gasteiger partial charge on any atom is 0.236 e. The second kappa shape index (κ2) is 2.32. The van der Waals surface area contributed by atoms with Crippen LogP contribution in [0.1, 0.15) is 37.5 Å². The minimum Gasteiger partial charge on any atom is -0.424 e. The van der Waals surface area contributed by atoms with Crippen LogP contribution in [0.25, 0.3) is 0 Å². The van der Waals surface area contributed by atoms with Crippen LogP contribution in [0.15, 0.2) is 4.42 Å². The molecule has 1 saturated carbocycles. The van der Waals surface area contributed by atoms with Gasteiger partial charge in [-0.05, 0) is 25.7 Å². The number of rotatable bonds is 1. The van der Waals surface area contributed by atoms with Gasteiger partial charge in [0.25, 0.3) is 0 Å². The van der Waals surface area contributed by atoms with Gasteiger partial charge in [-0.15, -0.1) is 10.2 Å². The van der Waals surface area contributed by atoms with Crippen LogP contribution in [0.5, 0.6) is 0 Å². The molecule has 1 N–H and O–H groups in total. The fraction of sp³-hybridized carbons (Fsp3) is 0.778. The van der Waals surface area contributed by atoms with Crippen molar-refractivity contribution >= 4 is 0 Å². The summed E-state index contributed by atoms with van der Waals surface area (Å²) < 4.78 is 5.48. The quantitative estimate of drug-likeness (QED) is 0.701. The predicted molar refractivity (Wildman–Crippen MR) is 46.1 cm³/mol. The average Bonchev–Trinajstić information content (AvgIpc) is 2.52. The molecule has 4 rings (SSSR count). The smallest absolute Gasteiger partial charge is 0.236 e. The molecule has 4 nitrogen and oxygen atoms in total. The van der Waals surface area contributed by atoms with Gasteiger partial charge in [0.15, 0.2) is 0 Å². The van der Waals surface area contributed by atoms with E-state index in [0.29, 0.717) is 11.9 Å². The van der Waals surface area contributed by atoms with Crippen LogP contribution < -0.4 is 5.32 Å². The molecule has 13 heavy (non-hydrogen) atoms. The van der Waals surface area contributed by atoms with Crippen molar-refractivity contribution in [2.75, 3.05) is 0 Å². The third-order valence-corrected chi connectivity index (χ3v) is 3.17. The molecule has 1 aromatic heterocycles. The molecule has 0 radical (unpaired) electrons. The lowest BCUT2D eigenvalue weighted by atomic mass is 9.70. The van der Waals surface area contributed by atoms with Crippen LogP contribution in [-0.4, -0.2) is 16.2 Å². The lowest BCUT2D eigenvalue weighted by Gasteiger charge is -2.51. The summed E-state index contributed by atoms with van der Waals surface area (Å²) in [5.41, 5.74) is 0.0458. The monoisotopic (exact) mass is 179 g/mol. The number of nitrogens with one attached hydrogen (secondary N) is 1. The van der Waals surface area contributed by atoms with Crippen molar-refractivity contribution < 1.29 is 4.42 Å². The zero-order valence-corrected chi connectivity index (χ0v) is 7.71. The number of fused-ring (bicyclic) bond motifs is 2. The van der Waals surface area contributed by atoms with E-state index in [4.69, 9.17) is 4.42 Å². The average molecular weight is 179 g/mol. The van der Waals surface area contributed by atoms with Crippen molar-refractivity contribution in [3.05, 3.63) is 11.8 Å². The molecule has 0 spiro atoms. The van der Waals surface area contributed by atoms with Crippen LogP contribution >= 0.6 is 0 Å². The van der Waals surface area contributed by atoms with Crippen LogP contribution in [-0.2, 0) is 5.54 Å². The number of piperidine rings is 1. The van der Waals surface area contributed by atoms with E-state index >= 15 is 0 Å². The molecule has 1 aliphatic carbocycles. The fourth-order valence-corrected chi connectivity index (χ4v) is 2.53. The maximum atomic E-state index is 5.48. The molecular weight excluding hydrogens is 166 g/mol. The Kier molecular flexibility index (Phi) is 1.34. The fourth-order valence-electron chi connectivity index (χ4n) is 2.53. The Morgan fingerprint density at radius 2 is 2.38 bits per heavy atom. The summed E-state index contributed by atoms with van der Waals surface area (Å²) in [6.07, 6.45) is 4.90. The minimum atomic E-state index is 0.0458. The summed E-state index contributed by atoms with van der Waals surface area (Å²) in [5.74, 6) is 1.46. The van der Waals surface area contributed by atoms with Gasteiger partial charge < -0.3 is 9.73 Å². The zero-order chi connectivity index (χ0) is 8.89. The second-order valence-corrected chi connectivity index (χ2v) is 4.15. The first-order chi connectivity index (χ1) is 6.28. The second-order valence-electron chi connectivity index (χ2n) is 4.15. The van der Waals surface area contributed by atoms with Gasteiger partial charge in [-0.1, -0.05) is 0 Å². The highest BCUT2D eigenvalue weighted by Gasteiger charge is 2.51. The molecule has 0 aromatic carbocycles. The Bertz CT molecular complexity index is 322. The van der Waals surface area contributed by atoms with Crippen LogP contribution in [0.4, 0.5) is 0 Å². The largest absolute Gasteiger partial charge is 0.424 e. The van der Waals surface area contributed by atoms with Crippen molar-refractivity contribution in [3.63, 3.8) is 0 Å². The number of nitrogens with zero attached hydrogens (tertiary/aromatic N) is 2. The lowest BCUT2D eigenvalue weighted by molar-refractivity contribution is 0.0425. The lowest BCUT2D eigenvalue weighted by Crippen LogP contribution is -2.64. The van der Waals surface area contributed by atoms with E-state index in [-0.39, 0.29) is 5.54 Å². The third kappa shape index (κ3) is 0.950. The Morgan fingerprint density at radius 3 is 2.92 bits per heavy atom. The standard InChI is InChI=1S/C9H13N3O/c1-6-11-12-8(13-6)9-4-2-3-7(5-9)10-9/h7,10H,2-5H2,1H3/t7-,9?/m1/s1. The molecule has 1 unspecified atom stereocenters. The summed E-state index contributed by atoms with van der Waals surface area (Å²) in [4.78, 5) is 0. The predicted octanol–water partition coefficient (Wildman–Crippen LogP) is 1.12. The van der Waals surface area contributed by atoms with Crippen molar-refractivity contribution in [1.82, 2.24) is 15.5 Å². The van der Waals surface area contributed by atoms with E-state index in [2.05, 4.69) is 15.5 Å². The van der Waals surface area contributed by atoms with Gasteiger partial charge in [-0.2, -0.15) is 0 Å². The van der Waals surface area contributed by atoms with Crippen LogP contribution in [0.3, 0.4) is 0 Å². The first kappa shape index (κ1) is 7.50. The van der Waals surface area contributed by atoms with Gasteiger partial charge in [0, 0.05) is 13.0 Å².